The van der Waals surface area contributed by atoms with Gasteiger partial charge in [-0.05, 0) is 59.5 Å². The number of nitrogens with zero attached hydrogens (tertiary/aromatic N) is 2. The molecule has 0 aliphatic rings. The molecule has 5 rings (SSSR count). The number of amides is 1. The number of rotatable bonds is 6. The molecule has 3 aromatic heterocycles. The number of hydrogen-bond donors (Lipinski definition) is 3. The third kappa shape index (κ3) is 4.46. The number of pyridine rings is 2. The molecule has 0 saturated carbocycles. The van der Waals surface area contributed by atoms with Gasteiger partial charge in [-0.3, -0.25) is 9.78 Å². The van der Waals surface area contributed by atoms with Crippen molar-refractivity contribution < 1.29 is 14.7 Å². The highest BCUT2D eigenvalue weighted by Gasteiger charge is 2.10. The third-order valence-electron chi connectivity index (χ3n) is 5.59. The first kappa shape index (κ1) is 21.6. The van der Waals surface area contributed by atoms with Gasteiger partial charge >= 0.3 is 5.97 Å². The summed E-state index contributed by atoms with van der Waals surface area (Å²) in [5, 5.41) is 14.5. The van der Waals surface area contributed by atoms with Crippen LogP contribution in [0.25, 0.3) is 21.8 Å². The number of halogens is 1. The Bertz CT molecular complexity index is 1560. The molecule has 0 aliphatic carbocycles. The van der Waals surface area contributed by atoms with E-state index in [9.17, 15) is 9.59 Å². The van der Waals surface area contributed by atoms with Crippen LogP contribution in [0.4, 0.5) is 0 Å². The van der Waals surface area contributed by atoms with Gasteiger partial charge in [-0.1, -0.05) is 29.8 Å². The van der Waals surface area contributed by atoms with Crippen molar-refractivity contribution in [2.75, 3.05) is 0 Å². The van der Waals surface area contributed by atoms with Crippen LogP contribution in [0.3, 0.4) is 0 Å². The van der Waals surface area contributed by atoms with Gasteiger partial charge in [0.05, 0.1) is 16.1 Å². The molecule has 0 unspecified atom stereocenters. The second-order valence-corrected chi connectivity index (χ2v) is 8.39. The van der Waals surface area contributed by atoms with Crippen molar-refractivity contribution >= 4 is 45.3 Å². The molecule has 1 amide bonds. The van der Waals surface area contributed by atoms with E-state index < -0.39 is 5.97 Å². The topological polar surface area (TPSA) is 108 Å². The molecule has 7 nitrogen and oxygen atoms in total. The SMILES string of the molecule is O=C(NCc1ccc2[nH]cc(Cl)c2c1)c1cncc(Cc2ccc3nc(C(=O)O)ccc3c2)c1. The number of carboxylic acid groups (broad SMARTS) is 1. The number of benzene rings is 2. The van der Waals surface area contributed by atoms with E-state index in [1.165, 1.54) is 6.07 Å². The van der Waals surface area contributed by atoms with E-state index in [0.717, 1.165) is 33.0 Å². The fourth-order valence-electron chi connectivity index (χ4n) is 3.88. The Morgan fingerprint density at radius 1 is 0.971 bits per heavy atom. The highest BCUT2D eigenvalue weighted by atomic mass is 35.5. The van der Waals surface area contributed by atoms with Crippen molar-refractivity contribution in [3.05, 3.63) is 106 Å². The minimum Gasteiger partial charge on any atom is -0.477 e. The summed E-state index contributed by atoms with van der Waals surface area (Å²) in [6.45, 7) is 0.372. The first-order valence-electron chi connectivity index (χ1n) is 10.6. The minimum absolute atomic E-state index is 0.0132. The summed E-state index contributed by atoms with van der Waals surface area (Å²) >= 11 is 6.18. The summed E-state index contributed by atoms with van der Waals surface area (Å²) in [5.74, 6) is -1.26. The van der Waals surface area contributed by atoms with Gasteiger partial charge in [0.2, 0.25) is 0 Å². The molecule has 0 bridgehead atoms. The van der Waals surface area contributed by atoms with Gasteiger partial charge < -0.3 is 15.4 Å². The van der Waals surface area contributed by atoms with E-state index in [4.69, 9.17) is 16.7 Å². The van der Waals surface area contributed by atoms with Crippen molar-refractivity contribution in [3.63, 3.8) is 0 Å². The van der Waals surface area contributed by atoms with Crippen LogP contribution in [-0.2, 0) is 13.0 Å². The number of aromatic amines is 1. The number of hydrogen-bond acceptors (Lipinski definition) is 4. The van der Waals surface area contributed by atoms with E-state index in [1.54, 1.807) is 30.7 Å². The lowest BCUT2D eigenvalue weighted by molar-refractivity contribution is 0.0690. The molecule has 3 heterocycles. The number of nitrogens with one attached hydrogen (secondary N) is 2. The first-order valence-corrected chi connectivity index (χ1v) is 10.9. The van der Waals surface area contributed by atoms with Crippen LogP contribution in [0.1, 0.15) is 37.5 Å². The van der Waals surface area contributed by atoms with Crippen molar-refractivity contribution in [3.8, 4) is 0 Å². The summed E-state index contributed by atoms with van der Waals surface area (Å²) in [5.41, 5.74) is 4.90. The molecule has 0 radical (unpaired) electrons. The molecule has 8 heteroatoms. The van der Waals surface area contributed by atoms with Crippen molar-refractivity contribution in [1.29, 1.82) is 0 Å². The minimum atomic E-state index is -1.05. The highest BCUT2D eigenvalue weighted by molar-refractivity contribution is 6.35. The third-order valence-corrected chi connectivity index (χ3v) is 5.90. The van der Waals surface area contributed by atoms with Gasteiger partial charge in [0.1, 0.15) is 5.69 Å². The Kier molecular flexibility index (Phi) is 5.69. The van der Waals surface area contributed by atoms with Gasteiger partial charge in [0, 0.05) is 41.4 Å². The Morgan fingerprint density at radius 2 is 1.82 bits per heavy atom. The predicted octanol–water partition coefficient (Wildman–Crippen LogP) is 4.98. The summed E-state index contributed by atoms with van der Waals surface area (Å²) in [4.78, 5) is 35.3. The molecule has 0 fully saturated rings. The molecule has 0 saturated heterocycles. The number of H-pyrrole nitrogens is 1. The van der Waals surface area contributed by atoms with Crippen molar-refractivity contribution in [2.45, 2.75) is 13.0 Å². The van der Waals surface area contributed by atoms with Crippen LogP contribution >= 0.6 is 11.6 Å². The highest BCUT2D eigenvalue weighted by Crippen LogP contribution is 2.24. The maximum atomic E-state index is 12.7. The Labute approximate surface area is 199 Å². The summed E-state index contributed by atoms with van der Waals surface area (Å²) < 4.78 is 0. The molecule has 5 aromatic rings. The standard InChI is InChI=1S/C26H19ClN4O3/c27-21-14-29-23-5-2-16(10-20(21)23)12-30-25(32)19-9-17(11-28-13-19)7-15-1-4-22-18(8-15)3-6-24(31-22)26(33)34/h1-6,8-11,13-14,29H,7,12H2,(H,30,32)(H,33,34). The number of aromatic nitrogens is 3. The molecular formula is C26H19ClN4O3. The zero-order valence-electron chi connectivity index (χ0n) is 17.9. The lowest BCUT2D eigenvalue weighted by Gasteiger charge is -2.08. The fourth-order valence-corrected chi connectivity index (χ4v) is 4.09. The van der Waals surface area contributed by atoms with Gasteiger partial charge in [-0.15, -0.1) is 0 Å². The van der Waals surface area contributed by atoms with E-state index in [0.29, 0.717) is 29.1 Å². The number of aromatic carboxylic acids is 1. The number of carbonyl (C=O) groups is 2. The Morgan fingerprint density at radius 3 is 2.68 bits per heavy atom. The molecule has 0 spiro atoms. The van der Waals surface area contributed by atoms with Crippen LogP contribution < -0.4 is 5.32 Å². The molecule has 34 heavy (non-hydrogen) atoms. The fraction of sp³-hybridized carbons (Fsp3) is 0.0769. The summed E-state index contributed by atoms with van der Waals surface area (Å²) in [6, 6.07) is 16.6. The average molecular weight is 471 g/mol. The van der Waals surface area contributed by atoms with Crippen molar-refractivity contribution in [2.24, 2.45) is 0 Å². The molecule has 2 aromatic carbocycles. The van der Waals surface area contributed by atoms with E-state index >= 15 is 0 Å². The normalized spacial score (nSPS) is 11.1. The van der Waals surface area contributed by atoms with Gasteiger partial charge in [0.25, 0.3) is 5.91 Å². The van der Waals surface area contributed by atoms with E-state index in [1.807, 2.05) is 36.4 Å². The number of fused-ring (bicyclic) bond motifs is 2. The van der Waals surface area contributed by atoms with Crippen LogP contribution in [0.15, 0.2) is 73.2 Å². The Balaban J connectivity index is 1.28. The van der Waals surface area contributed by atoms with E-state index in [-0.39, 0.29) is 11.6 Å². The molecule has 0 atom stereocenters. The largest absolute Gasteiger partial charge is 0.477 e. The van der Waals surface area contributed by atoms with E-state index in [2.05, 4.69) is 20.3 Å². The van der Waals surface area contributed by atoms with Crippen LogP contribution in [0, 0.1) is 0 Å². The molecular weight excluding hydrogens is 452 g/mol. The van der Waals surface area contributed by atoms with Crippen LogP contribution in [-0.4, -0.2) is 31.9 Å². The molecule has 0 aliphatic heterocycles. The lowest BCUT2D eigenvalue weighted by atomic mass is 10.0. The van der Waals surface area contributed by atoms with Crippen molar-refractivity contribution in [1.82, 2.24) is 20.3 Å². The Hall–Kier alpha value is -4.23. The lowest BCUT2D eigenvalue weighted by Crippen LogP contribution is -2.23. The summed E-state index contributed by atoms with van der Waals surface area (Å²) in [7, 11) is 0. The maximum absolute atomic E-state index is 12.7. The van der Waals surface area contributed by atoms with Crippen LogP contribution in [0.5, 0.6) is 0 Å². The van der Waals surface area contributed by atoms with Gasteiger partial charge in [-0.2, -0.15) is 0 Å². The molecule has 3 N–H and O–H groups in total. The van der Waals surface area contributed by atoms with Gasteiger partial charge in [-0.25, -0.2) is 9.78 Å². The second-order valence-electron chi connectivity index (χ2n) is 7.99. The predicted molar refractivity (Wildman–Crippen MR) is 130 cm³/mol. The monoisotopic (exact) mass is 470 g/mol. The zero-order chi connectivity index (χ0) is 23.7. The maximum Gasteiger partial charge on any atom is 0.354 e. The van der Waals surface area contributed by atoms with Crippen LogP contribution in [0.2, 0.25) is 5.02 Å². The smallest absolute Gasteiger partial charge is 0.354 e. The quantitative estimate of drug-likeness (QED) is 0.324. The molecule has 168 valence electrons. The number of carboxylic acids is 1. The number of carbonyl (C=O) groups excluding carboxylic acids is 1. The average Bonchev–Trinajstić information content (AvgIpc) is 3.22. The second kappa shape index (κ2) is 8.96. The first-order chi connectivity index (χ1) is 16.5. The summed E-state index contributed by atoms with van der Waals surface area (Å²) in [6.07, 6.45) is 5.59. The van der Waals surface area contributed by atoms with Gasteiger partial charge in [0.15, 0.2) is 0 Å². The zero-order valence-corrected chi connectivity index (χ0v) is 18.6.